The lowest BCUT2D eigenvalue weighted by molar-refractivity contribution is -0.145. The number of aliphatic carboxylic acids is 1. The number of hydrogen-bond acceptors (Lipinski definition) is 6. The van der Waals surface area contributed by atoms with Crippen LogP contribution in [0.3, 0.4) is 0 Å². The van der Waals surface area contributed by atoms with Gasteiger partial charge in [-0.15, -0.1) is 0 Å². The summed E-state index contributed by atoms with van der Waals surface area (Å²) >= 11 is 0. The molecular formula is C16H23N3O6. The van der Waals surface area contributed by atoms with Gasteiger partial charge in [-0.25, -0.2) is 4.79 Å². The Labute approximate surface area is 144 Å². The van der Waals surface area contributed by atoms with Crippen LogP contribution in [-0.2, 0) is 20.8 Å². The molecule has 1 aromatic rings. The zero-order chi connectivity index (χ0) is 19.0. The molecule has 0 fully saturated rings. The van der Waals surface area contributed by atoms with Crippen LogP contribution >= 0.6 is 0 Å². The minimum Gasteiger partial charge on any atom is -0.480 e. The summed E-state index contributed by atoms with van der Waals surface area (Å²) in [6.07, 6.45) is -1.12. The molecule has 25 heavy (non-hydrogen) atoms. The first kappa shape index (κ1) is 20.6. The molecule has 1 rings (SSSR count). The highest BCUT2D eigenvalue weighted by molar-refractivity contribution is 5.92. The van der Waals surface area contributed by atoms with Crippen molar-refractivity contribution in [2.45, 2.75) is 37.6 Å². The highest BCUT2D eigenvalue weighted by Gasteiger charge is 2.30. The molecule has 0 aromatic heterocycles. The van der Waals surface area contributed by atoms with Gasteiger partial charge in [0.2, 0.25) is 11.8 Å². The summed E-state index contributed by atoms with van der Waals surface area (Å²) < 4.78 is 0. The molecule has 0 aliphatic heterocycles. The van der Waals surface area contributed by atoms with E-state index in [0.29, 0.717) is 0 Å². The van der Waals surface area contributed by atoms with Crippen LogP contribution < -0.4 is 16.4 Å². The molecule has 4 atom stereocenters. The molecule has 4 unspecified atom stereocenters. The molecule has 9 heteroatoms. The fourth-order valence-corrected chi connectivity index (χ4v) is 2.08. The monoisotopic (exact) mass is 353 g/mol. The Morgan fingerprint density at radius 3 is 2.20 bits per heavy atom. The second-order valence-electron chi connectivity index (χ2n) is 5.61. The maximum Gasteiger partial charge on any atom is 0.328 e. The lowest BCUT2D eigenvalue weighted by atomic mass is 10.1. The van der Waals surface area contributed by atoms with Gasteiger partial charge in [0.15, 0.2) is 6.04 Å². The molecule has 138 valence electrons. The molecule has 0 spiro atoms. The molecular weight excluding hydrogens is 330 g/mol. The standard InChI is InChI=1S/C16H23N3O6/c1-9(21)13(16(24)25)19-15(23)12(8-20)18-14(22)11(17)7-10-5-3-2-4-6-10/h2-6,9,11-13,20-21H,7-8,17H2,1H3,(H,18,22)(H,19,23)(H,24,25). The second kappa shape index (κ2) is 9.72. The summed E-state index contributed by atoms with van der Waals surface area (Å²) in [4.78, 5) is 35.1. The number of carbonyl (C=O) groups excluding carboxylic acids is 2. The summed E-state index contributed by atoms with van der Waals surface area (Å²) in [5, 5.41) is 31.9. The minimum atomic E-state index is -1.56. The third kappa shape index (κ3) is 6.49. The molecule has 0 bridgehead atoms. The zero-order valence-electron chi connectivity index (χ0n) is 13.8. The van der Waals surface area contributed by atoms with E-state index >= 15 is 0 Å². The molecule has 0 saturated heterocycles. The summed E-state index contributed by atoms with van der Waals surface area (Å²) in [5.41, 5.74) is 6.62. The van der Waals surface area contributed by atoms with Gasteiger partial charge in [-0.3, -0.25) is 9.59 Å². The van der Waals surface area contributed by atoms with E-state index in [9.17, 15) is 24.6 Å². The highest BCUT2D eigenvalue weighted by Crippen LogP contribution is 2.02. The smallest absolute Gasteiger partial charge is 0.328 e. The van der Waals surface area contributed by atoms with Gasteiger partial charge in [0.1, 0.15) is 6.04 Å². The van der Waals surface area contributed by atoms with Crippen molar-refractivity contribution in [3.05, 3.63) is 35.9 Å². The largest absolute Gasteiger partial charge is 0.480 e. The topological polar surface area (TPSA) is 162 Å². The Hall–Kier alpha value is -2.49. The van der Waals surface area contributed by atoms with Gasteiger partial charge in [-0.1, -0.05) is 30.3 Å². The number of nitrogens with two attached hydrogens (primary N) is 1. The van der Waals surface area contributed by atoms with E-state index in [1.807, 2.05) is 6.07 Å². The SMILES string of the molecule is CC(O)C(NC(=O)C(CO)NC(=O)C(N)Cc1ccccc1)C(=O)O. The quantitative estimate of drug-likeness (QED) is 0.299. The first-order valence-corrected chi connectivity index (χ1v) is 7.68. The summed E-state index contributed by atoms with van der Waals surface area (Å²) in [7, 11) is 0. The second-order valence-corrected chi connectivity index (χ2v) is 5.61. The number of carbonyl (C=O) groups is 3. The van der Waals surface area contributed by atoms with E-state index in [-0.39, 0.29) is 6.42 Å². The molecule has 9 nitrogen and oxygen atoms in total. The molecule has 0 heterocycles. The number of aliphatic hydroxyl groups excluding tert-OH is 2. The van der Waals surface area contributed by atoms with Crippen molar-refractivity contribution in [1.29, 1.82) is 0 Å². The molecule has 0 radical (unpaired) electrons. The number of nitrogens with one attached hydrogen (secondary N) is 2. The van der Waals surface area contributed by atoms with Crippen molar-refractivity contribution in [3.63, 3.8) is 0 Å². The fraction of sp³-hybridized carbons (Fsp3) is 0.438. The van der Waals surface area contributed by atoms with Crippen LogP contribution in [0.4, 0.5) is 0 Å². The molecule has 0 aliphatic carbocycles. The average molecular weight is 353 g/mol. The number of aliphatic hydroxyl groups is 2. The first-order valence-electron chi connectivity index (χ1n) is 7.68. The normalized spacial score (nSPS) is 15.5. The predicted octanol–water partition coefficient (Wildman–Crippen LogP) is -2.02. The van der Waals surface area contributed by atoms with E-state index in [1.54, 1.807) is 24.3 Å². The van der Waals surface area contributed by atoms with Crippen LogP contribution in [-0.4, -0.2) is 63.9 Å². The predicted molar refractivity (Wildman–Crippen MR) is 88.4 cm³/mol. The van der Waals surface area contributed by atoms with Gasteiger partial charge in [-0.2, -0.15) is 0 Å². The van der Waals surface area contributed by atoms with Crippen LogP contribution in [0.5, 0.6) is 0 Å². The van der Waals surface area contributed by atoms with E-state index in [2.05, 4.69) is 10.6 Å². The van der Waals surface area contributed by atoms with Crippen LogP contribution in [0.1, 0.15) is 12.5 Å². The lowest BCUT2D eigenvalue weighted by Gasteiger charge is -2.22. The molecule has 1 aromatic carbocycles. The van der Waals surface area contributed by atoms with Crippen molar-refractivity contribution in [2.24, 2.45) is 5.73 Å². The molecule has 0 aliphatic rings. The highest BCUT2D eigenvalue weighted by atomic mass is 16.4. The van der Waals surface area contributed by atoms with Crippen molar-refractivity contribution in [3.8, 4) is 0 Å². The maximum atomic E-state index is 12.1. The molecule has 2 amide bonds. The Bertz CT molecular complexity index is 593. The van der Waals surface area contributed by atoms with Crippen molar-refractivity contribution in [1.82, 2.24) is 10.6 Å². The number of hydrogen-bond donors (Lipinski definition) is 6. The Kier molecular flexibility index (Phi) is 7.99. The van der Waals surface area contributed by atoms with Gasteiger partial charge in [-0.05, 0) is 18.9 Å². The fourth-order valence-electron chi connectivity index (χ4n) is 2.08. The van der Waals surface area contributed by atoms with Crippen molar-refractivity contribution in [2.75, 3.05) is 6.61 Å². The van der Waals surface area contributed by atoms with Crippen LogP contribution in [0.15, 0.2) is 30.3 Å². The van der Waals surface area contributed by atoms with Crippen LogP contribution in [0.2, 0.25) is 0 Å². The average Bonchev–Trinajstić information content (AvgIpc) is 2.57. The zero-order valence-corrected chi connectivity index (χ0v) is 13.8. The van der Waals surface area contributed by atoms with Gasteiger partial charge in [0.25, 0.3) is 0 Å². The third-order valence-electron chi connectivity index (χ3n) is 3.50. The number of carboxylic acids is 1. The Balaban J connectivity index is 2.65. The van der Waals surface area contributed by atoms with E-state index in [0.717, 1.165) is 5.56 Å². The van der Waals surface area contributed by atoms with Crippen molar-refractivity contribution < 1.29 is 29.7 Å². The summed E-state index contributed by atoms with van der Waals surface area (Å²) in [5.74, 6) is -3.04. The molecule has 0 saturated carbocycles. The minimum absolute atomic E-state index is 0.234. The summed E-state index contributed by atoms with van der Waals surface area (Å²) in [6.45, 7) is 0.448. The lowest BCUT2D eigenvalue weighted by Crippen LogP contribution is -2.57. The van der Waals surface area contributed by atoms with E-state index < -0.39 is 48.6 Å². The number of amides is 2. The Morgan fingerprint density at radius 1 is 1.12 bits per heavy atom. The summed E-state index contributed by atoms with van der Waals surface area (Å²) in [6, 6.07) is 5.12. The van der Waals surface area contributed by atoms with Crippen molar-refractivity contribution >= 4 is 17.8 Å². The maximum absolute atomic E-state index is 12.1. The van der Waals surface area contributed by atoms with Gasteiger partial charge < -0.3 is 31.7 Å². The van der Waals surface area contributed by atoms with E-state index in [4.69, 9.17) is 10.8 Å². The van der Waals surface area contributed by atoms with Gasteiger partial charge >= 0.3 is 5.97 Å². The Morgan fingerprint density at radius 2 is 1.72 bits per heavy atom. The number of rotatable bonds is 9. The van der Waals surface area contributed by atoms with Crippen LogP contribution in [0, 0.1) is 0 Å². The third-order valence-corrected chi connectivity index (χ3v) is 3.50. The van der Waals surface area contributed by atoms with Gasteiger partial charge in [0, 0.05) is 0 Å². The van der Waals surface area contributed by atoms with E-state index in [1.165, 1.54) is 6.92 Å². The number of benzene rings is 1. The molecule has 7 N–H and O–H groups in total. The first-order chi connectivity index (χ1) is 11.8. The van der Waals surface area contributed by atoms with Crippen LogP contribution in [0.25, 0.3) is 0 Å². The number of carboxylic acid groups (broad SMARTS) is 1. The van der Waals surface area contributed by atoms with Gasteiger partial charge in [0.05, 0.1) is 18.8 Å².